The highest BCUT2D eigenvalue weighted by Crippen LogP contribution is 2.31. The van der Waals surface area contributed by atoms with E-state index in [1.54, 1.807) is 0 Å². The van der Waals surface area contributed by atoms with E-state index in [1.165, 1.54) is 18.4 Å². The minimum atomic E-state index is -0.191. The van der Waals surface area contributed by atoms with Gasteiger partial charge in [0, 0.05) is 0 Å². The van der Waals surface area contributed by atoms with Gasteiger partial charge in [0.05, 0.1) is 5.92 Å². The van der Waals surface area contributed by atoms with Gasteiger partial charge in [-0.05, 0) is 44.4 Å². The van der Waals surface area contributed by atoms with E-state index in [-0.39, 0.29) is 11.8 Å². The number of hydrogen-bond acceptors (Lipinski definition) is 1. The zero-order valence-corrected chi connectivity index (χ0v) is 10.1. The van der Waals surface area contributed by atoms with Crippen molar-refractivity contribution in [1.29, 1.82) is 0 Å². The summed E-state index contributed by atoms with van der Waals surface area (Å²) < 4.78 is 0. The molecule has 2 nitrogen and oxygen atoms in total. The Morgan fingerprint density at radius 2 is 2.20 bits per heavy atom. The monoisotopic (exact) mass is 209 g/mol. The zero-order chi connectivity index (χ0) is 11.4. The lowest BCUT2D eigenvalue weighted by Crippen LogP contribution is -2.24. The van der Waals surface area contributed by atoms with Crippen molar-refractivity contribution < 1.29 is 4.79 Å². The van der Waals surface area contributed by atoms with E-state index in [4.69, 9.17) is 5.73 Å². The van der Waals surface area contributed by atoms with Crippen LogP contribution in [-0.4, -0.2) is 5.91 Å². The van der Waals surface area contributed by atoms with Crippen molar-refractivity contribution in [1.82, 2.24) is 0 Å². The summed E-state index contributed by atoms with van der Waals surface area (Å²) in [5.74, 6) is 1.33. The fraction of sp³-hybridized carbons (Fsp3) is 0.769. The van der Waals surface area contributed by atoms with Crippen LogP contribution in [0.4, 0.5) is 0 Å². The molecule has 2 heteroatoms. The SMILES string of the molecule is CC(C)C[C@@H]1CC=C([C@H](C)C(N)=O)CC1. The van der Waals surface area contributed by atoms with Gasteiger partial charge in [-0.1, -0.05) is 25.5 Å². The van der Waals surface area contributed by atoms with Gasteiger partial charge in [-0.15, -0.1) is 0 Å². The van der Waals surface area contributed by atoms with Crippen LogP contribution in [0.2, 0.25) is 0 Å². The summed E-state index contributed by atoms with van der Waals surface area (Å²) in [7, 11) is 0. The third kappa shape index (κ3) is 3.69. The van der Waals surface area contributed by atoms with Crippen LogP contribution in [0.15, 0.2) is 11.6 Å². The van der Waals surface area contributed by atoms with Crippen LogP contribution in [0.5, 0.6) is 0 Å². The second-order valence-corrected chi connectivity index (χ2v) is 5.17. The molecule has 0 aromatic rings. The lowest BCUT2D eigenvalue weighted by Gasteiger charge is -2.25. The molecule has 0 saturated heterocycles. The summed E-state index contributed by atoms with van der Waals surface area (Å²) in [5, 5.41) is 0. The number of rotatable bonds is 4. The molecule has 2 atom stereocenters. The van der Waals surface area contributed by atoms with Gasteiger partial charge in [0.25, 0.3) is 0 Å². The van der Waals surface area contributed by atoms with E-state index in [0.717, 1.165) is 24.7 Å². The Kier molecular flexibility index (Phi) is 4.37. The molecule has 0 spiro atoms. The van der Waals surface area contributed by atoms with E-state index >= 15 is 0 Å². The Morgan fingerprint density at radius 1 is 1.53 bits per heavy atom. The first-order valence-electron chi connectivity index (χ1n) is 5.99. The molecule has 0 aromatic carbocycles. The fourth-order valence-corrected chi connectivity index (χ4v) is 2.37. The highest BCUT2D eigenvalue weighted by atomic mass is 16.1. The second kappa shape index (κ2) is 5.34. The summed E-state index contributed by atoms with van der Waals surface area (Å²) in [5.41, 5.74) is 6.55. The zero-order valence-electron chi connectivity index (χ0n) is 10.1. The molecule has 0 aromatic heterocycles. The van der Waals surface area contributed by atoms with E-state index in [0.29, 0.717) is 0 Å². The molecule has 0 unspecified atom stereocenters. The van der Waals surface area contributed by atoms with E-state index in [9.17, 15) is 4.79 Å². The Bertz CT molecular complexity index is 255. The highest BCUT2D eigenvalue weighted by Gasteiger charge is 2.21. The highest BCUT2D eigenvalue weighted by molar-refractivity contribution is 5.79. The number of carbonyl (C=O) groups excluding carboxylic acids is 1. The van der Waals surface area contributed by atoms with Crippen molar-refractivity contribution in [2.75, 3.05) is 0 Å². The minimum absolute atomic E-state index is 0.0648. The van der Waals surface area contributed by atoms with Crippen LogP contribution in [0, 0.1) is 17.8 Å². The molecule has 0 heterocycles. The van der Waals surface area contributed by atoms with Gasteiger partial charge in [0.15, 0.2) is 0 Å². The van der Waals surface area contributed by atoms with Gasteiger partial charge in [0.1, 0.15) is 0 Å². The lowest BCUT2D eigenvalue weighted by atomic mass is 9.81. The summed E-state index contributed by atoms with van der Waals surface area (Å²) in [4.78, 5) is 11.0. The number of carbonyl (C=O) groups is 1. The molecule has 1 aliphatic rings. The number of primary amides is 1. The summed E-state index contributed by atoms with van der Waals surface area (Å²) in [6, 6.07) is 0. The molecule has 0 radical (unpaired) electrons. The second-order valence-electron chi connectivity index (χ2n) is 5.17. The Balaban J connectivity index is 2.48. The molecule has 1 rings (SSSR count). The van der Waals surface area contributed by atoms with E-state index < -0.39 is 0 Å². The molecule has 2 N–H and O–H groups in total. The average molecular weight is 209 g/mol. The molecule has 0 aliphatic heterocycles. The predicted octanol–water partition coefficient (Wildman–Crippen LogP) is 2.88. The van der Waals surface area contributed by atoms with Gasteiger partial charge < -0.3 is 5.73 Å². The molecule has 0 bridgehead atoms. The van der Waals surface area contributed by atoms with Gasteiger partial charge in [-0.3, -0.25) is 4.79 Å². The lowest BCUT2D eigenvalue weighted by molar-refractivity contribution is -0.120. The average Bonchev–Trinajstić information content (AvgIpc) is 2.17. The predicted molar refractivity (Wildman–Crippen MR) is 63.2 cm³/mol. The number of amides is 1. The maximum atomic E-state index is 11.0. The van der Waals surface area contributed by atoms with Crippen molar-refractivity contribution in [3.63, 3.8) is 0 Å². The van der Waals surface area contributed by atoms with E-state index in [2.05, 4.69) is 19.9 Å². The Labute approximate surface area is 92.9 Å². The molecule has 1 amide bonds. The van der Waals surface area contributed by atoms with Gasteiger partial charge >= 0.3 is 0 Å². The topological polar surface area (TPSA) is 43.1 Å². The quantitative estimate of drug-likeness (QED) is 0.711. The molecule has 15 heavy (non-hydrogen) atoms. The van der Waals surface area contributed by atoms with Gasteiger partial charge in [0.2, 0.25) is 5.91 Å². The molecular weight excluding hydrogens is 186 g/mol. The van der Waals surface area contributed by atoms with Gasteiger partial charge in [-0.25, -0.2) is 0 Å². The van der Waals surface area contributed by atoms with Crippen LogP contribution in [0.3, 0.4) is 0 Å². The smallest absolute Gasteiger partial charge is 0.224 e. The third-order valence-corrected chi connectivity index (χ3v) is 3.34. The molecular formula is C13H23NO. The van der Waals surface area contributed by atoms with Crippen molar-refractivity contribution >= 4 is 5.91 Å². The minimum Gasteiger partial charge on any atom is -0.369 e. The maximum Gasteiger partial charge on any atom is 0.224 e. The summed E-state index contributed by atoms with van der Waals surface area (Å²) in [6.07, 6.45) is 6.95. The number of nitrogens with two attached hydrogens (primary N) is 1. The summed E-state index contributed by atoms with van der Waals surface area (Å²) >= 11 is 0. The van der Waals surface area contributed by atoms with Crippen LogP contribution >= 0.6 is 0 Å². The first-order valence-corrected chi connectivity index (χ1v) is 5.99. The maximum absolute atomic E-state index is 11.0. The number of allylic oxidation sites excluding steroid dienone is 1. The Morgan fingerprint density at radius 3 is 2.60 bits per heavy atom. The summed E-state index contributed by atoms with van der Waals surface area (Å²) in [6.45, 7) is 6.45. The largest absolute Gasteiger partial charge is 0.369 e. The van der Waals surface area contributed by atoms with Crippen LogP contribution < -0.4 is 5.73 Å². The molecule has 0 saturated carbocycles. The fourth-order valence-electron chi connectivity index (χ4n) is 2.37. The third-order valence-electron chi connectivity index (χ3n) is 3.34. The standard InChI is InChI=1S/C13H23NO/c1-9(2)8-11-4-6-12(7-5-11)10(3)13(14)15/h6,9-11H,4-5,7-8H2,1-3H3,(H2,14,15)/t10-,11+/m0/s1. The van der Waals surface area contributed by atoms with Crippen LogP contribution in [0.1, 0.15) is 46.5 Å². The van der Waals surface area contributed by atoms with Crippen LogP contribution in [-0.2, 0) is 4.79 Å². The van der Waals surface area contributed by atoms with Crippen molar-refractivity contribution in [3.8, 4) is 0 Å². The number of hydrogen-bond donors (Lipinski definition) is 1. The van der Waals surface area contributed by atoms with Gasteiger partial charge in [-0.2, -0.15) is 0 Å². The van der Waals surface area contributed by atoms with Crippen molar-refractivity contribution in [2.24, 2.45) is 23.5 Å². The molecule has 0 fully saturated rings. The van der Waals surface area contributed by atoms with E-state index in [1.807, 2.05) is 6.92 Å². The first-order chi connectivity index (χ1) is 7.00. The molecule has 86 valence electrons. The Hall–Kier alpha value is -0.790. The van der Waals surface area contributed by atoms with Crippen molar-refractivity contribution in [3.05, 3.63) is 11.6 Å². The van der Waals surface area contributed by atoms with Crippen molar-refractivity contribution in [2.45, 2.75) is 46.5 Å². The first kappa shape index (κ1) is 12.3. The molecule has 1 aliphatic carbocycles. The normalized spacial score (nSPS) is 23.7. The van der Waals surface area contributed by atoms with Crippen LogP contribution in [0.25, 0.3) is 0 Å².